The average molecular weight is 515 g/mol. The van der Waals surface area contributed by atoms with E-state index in [2.05, 4.69) is 20.3 Å². The first-order valence-corrected chi connectivity index (χ1v) is 12.3. The summed E-state index contributed by atoms with van der Waals surface area (Å²) in [5.41, 5.74) is 11.3. The zero-order chi connectivity index (χ0) is 27.2. The molecule has 39 heavy (non-hydrogen) atoms. The number of anilines is 3. The van der Waals surface area contributed by atoms with Gasteiger partial charge in [-0.15, -0.1) is 0 Å². The molecular weight excluding hydrogens is 488 g/mol. The van der Waals surface area contributed by atoms with E-state index < -0.39 is 0 Å². The van der Waals surface area contributed by atoms with Crippen LogP contribution >= 0.6 is 0 Å². The number of para-hydroxylation sites is 2. The number of pyridine rings is 1. The summed E-state index contributed by atoms with van der Waals surface area (Å²) in [6, 6.07) is 27.0. The molecule has 192 valence electrons. The maximum absolute atomic E-state index is 13.2. The number of carbonyl (C=O) groups excluding carboxylic acids is 2. The van der Waals surface area contributed by atoms with Gasteiger partial charge in [-0.25, -0.2) is 9.97 Å². The van der Waals surface area contributed by atoms with Crippen molar-refractivity contribution in [3.63, 3.8) is 0 Å². The minimum Gasteiger partial charge on any atom is -0.397 e. The monoisotopic (exact) mass is 514 g/mol. The van der Waals surface area contributed by atoms with Crippen molar-refractivity contribution < 1.29 is 9.59 Å². The Balaban J connectivity index is 1.27. The van der Waals surface area contributed by atoms with E-state index in [1.807, 2.05) is 42.5 Å². The summed E-state index contributed by atoms with van der Waals surface area (Å²) >= 11 is 0. The summed E-state index contributed by atoms with van der Waals surface area (Å²) in [5, 5.41) is 2.79. The first-order valence-electron chi connectivity index (χ1n) is 12.3. The third kappa shape index (κ3) is 5.97. The van der Waals surface area contributed by atoms with Gasteiger partial charge in [0, 0.05) is 54.4 Å². The van der Waals surface area contributed by atoms with E-state index in [0.29, 0.717) is 34.7 Å². The summed E-state index contributed by atoms with van der Waals surface area (Å²) in [4.78, 5) is 40.7. The lowest BCUT2D eigenvalue weighted by atomic mass is 10.1. The fraction of sp³-hybridized carbons (Fsp3) is 0.0645. The number of amides is 2. The highest BCUT2D eigenvalue weighted by Gasteiger charge is 2.16. The number of hydrogen-bond donors (Lipinski definition) is 2. The van der Waals surface area contributed by atoms with Crippen LogP contribution in [0.2, 0.25) is 0 Å². The minimum absolute atomic E-state index is 0.193. The smallest absolute Gasteiger partial charge is 0.258 e. The average Bonchev–Trinajstić information content (AvgIpc) is 2.98. The minimum atomic E-state index is -0.303. The van der Waals surface area contributed by atoms with Gasteiger partial charge in [-0.1, -0.05) is 24.3 Å². The molecule has 3 N–H and O–H groups in total. The molecule has 0 atom stereocenters. The molecule has 0 bridgehead atoms. The number of rotatable bonds is 7. The molecule has 8 heteroatoms. The second kappa shape index (κ2) is 11.4. The van der Waals surface area contributed by atoms with Gasteiger partial charge in [0.25, 0.3) is 11.8 Å². The lowest BCUT2D eigenvalue weighted by Gasteiger charge is -2.18. The van der Waals surface area contributed by atoms with Crippen LogP contribution in [-0.2, 0) is 6.42 Å². The van der Waals surface area contributed by atoms with Gasteiger partial charge < -0.3 is 16.0 Å². The van der Waals surface area contributed by atoms with Crippen molar-refractivity contribution in [2.45, 2.75) is 6.42 Å². The molecule has 0 unspecified atom stereocenters. The topological polar surface area (TPSA) is 114 Å². The molecule has 2 heterocycles. The molecule has 0 aliphatic heterocycles. The predicted molar refractivity (Wildman–Crippen MR) is 152 cm³/mol. The number of hydrogen-bond acceptors (Lipinski definition) is 6. The van der Waals surface area contributed by atoms with E-state index in [1.54, 1.807) is 79.1 Å². The van der Waals surface area contributed by atoms with Crippen LogP contribution in [0.5, 0.6) is 0 Å². The van der Waals surface area contributed by atoms with Gasteiger partial charge in [-0.2, -0.15) is 0 Å². The Morgan fingerprint density at radius 2 is 1.67 bits per heavy atom. The lowest BCUT2D eigenvalue weighted by Crippen LogP contribution is -2.26. The summed E-state index contributed by atoms with van der Waals surface area (Å²) in [6.45, 7) is 0. The predicted octanol–water partition coefficient (Wildman–Crippen LogP) is 5.24. The van der Waals surface area contributed by atoms with Crippen LogP contribution in [0.3, 0.4) is 0 Å². The Labute approximate surface area is 226 Å². The highest BCUT2D eigenvalue weighted by Crippen LogP contribution is 2.21. The summed E-state index contributed by atoms with van der Waals surface area (Å²) in [7, 11) is 1.72. The van der Waals surface area contributed by atoms with Gasteiger partial charge in [0.05, 0.1) is 17.1 Å². The Kier molecular flexibility index (Phi) is 7.36. The molecule has 2 amide bonds. The summed E-state index contributed by atoms with van der Waals surface area (Å²) < 4.78 is 0. The van der Waals surface area contributed by atoms with Crippen molar-refractivity contribution >= 4 is 28.9 Å². The van der Waals surface area contributed by atoms with Gasteiger partial charge in [0.2, 0.25) is 0 Å². The molecule has 0 fully saturated rings. The molecule has 2 aromatic heterocycles. The van der Waals surface area contributed by atoms with E-state index in [-0.39, 0.29) is 11.8 Å². The zero-order valence-corrected chi connectivity index (χ0v) is 21.3. The first-order chi connectivity index (χ1) is 19.0. The van der Waals surface area contributed by atoms with Crippen molar-refractivity contribution in [1.82, 2.24) is 15.0 Å². The fourth-order valence-electron chi connectivity index (χ4n) is 4.10. The van der Waals surface area contributed by atoms with Gasteiger partial charge in [0.1, 0.15) is 5.82 Å². The molecule has 8 nitrogen and oxygen atoms in total. The molecule has 0 radical (unpaired) electrons. The maximum Gasteiger partial charge on any atom is 0.258 e. The van der Waals surface area contributed by atoms with Crippen molar-refractivity contribution in [2.24, 2.45) is 0 Å². The fourth-order valence-corrected chi connectivity index (χ4v) is 4.10. The molecular formula is C31H26N6O2. The van der Waals surface area contributed by atoms with Crippen LogP contribution < -0.4 is 16.0 Å². The largest absolute Gasteiger partial charge is 0.397 e. The van der Waals surface area contributed by atoms with Gasteiger partial charge >= 0.3 is 0 Å². The van der Waals surface area contributed by atoms with Crippen molar-refractivity contribution in [3.05, 3.63) is 132 Å². The Morgan fingerprint density at radius 1 is 0.872 bits per heavy atom. The van der Waals surface area contributed by atoms with Crippen LogP contribution in [0.4, 0.5) is 17.1 Å². The normalized spacial score (nSPS) is 10.6. The van der Waals surface area contributed by atoms with Crippen molar-refractivity contribution in [3.8, 4) is 11.3 Å². The summed E-state index contributed by atoms with van der Waals surface area (Å²) in [5.74, 6) is 0.178. The number of nitrogens with one attached hydrogen (secondary N) is 1. The van der Waals surface area contributed by atoms with Gasteiger partial charge in [-0.3, -0.25) is 14.6 Å². The van der Waals surface area contributed by atoms with Gasteiger partial charge in [0.15, 0.2) is 0 Å². The second-order valence-corrected chi connectivity index (χ2v) is 8.93. The maximum atomic E-state index is 13.2. The van der Waals surface area contributed by atoms with Crippen LogP contribution in [0.15, 0.2) is 110 Å². The van der Waals surface area contributed by atoms with Crippen LogP contribution in [0.1, 0.15) is 32.1 Å². The zero-order valence-electron chi connectivity index (χ0n) is 21.3. The van der Waals surface area contributed by atoms with Crippen molar-refractivity contribution in [1.29, 1.82) is 0 Å². The van der Waals surface area contributed by atoms with E-state index in [9.17, 15) is 9.59 Å². The quantitative estimate of drug-likeness (QED) is 0.287. The number of benzene rings is 3. The standard InChI is InChI=1S/C31H26N6O2/c1-37(31(39)23-13-11-22(12-14-23)30(38)36-28-10-3-2-9-26(28)32)25-8-4-6-21(18-25)19-29-34-17-15-27(35-29)24-7-5-16-33-20-24/h2-18,20H,19,32H2,1H3,(H,36,38). The molecule has 0 aliphatic carbocycles. The molecule has 0 aliphatic rings. The number of nitrogen functional groups attached to an aromatic ring is 1. The molecule has 0 saturated carbocycles. The number of aromatic nitrogens is 3. The van der Waals surface area contributed by atoms with Crippen LogP contribution in [0, 0.1) is 0 Å². The molecule has 0 spiro atoms. The Hall–Kier alpha value is -5.37. The summed E-state index contributed by atoms with van der Waals surface area (Å²) in [6.07, 6.45) is 5.75. The van der Waals surface area contributed by atoms with Crippen molar-refractivity contribution in [2.75, 3.05) is 23.0 Å². The first kappa shape index (κ1) is 25.3. The van der Waals surface area contributed by atoms with E-state index in [4.69, 9.17) is 5.73 Å². The van der Waals surface area contributed by atoms with Crippen LogP contribution in [0.25, 0.3) is 11.3 Å². The number of nitrogens with two attached hydrogens (primary N) is 1. The SMILES string of the molecule is CN(C(=O)c1ccc(C(=O)Nc2ccccc2N)cc1)c1cccc(Cc2nccc(-c3cccnc3)n2)c1. The molecule has 3 aromatic carbocycles. The Morgan fingerprint density at radius 3 is 2.44 bits per heavy atom. The lowest BCUT2D eigenvalue weighted by molar-refractivity contribution is 0.0989. The highest BCUT2D eigenvalue weighted by molar-refractivity contribution is 6.08. The van der Waals surface area contributed by atoms with E-state index in [1.165, 1.54) is 0 Å². The molecule has 0 saturated heterocycles. The Bertz CT molecular complexity index is 1620. The van der Waals surface area contributed by atoms with E-state index >= 15 is 0 Å². The third-order valence-electron chi connectivity index (χ3n) is 6.23. The number of carbonyl (C=O) groups is 2. The second-order valence-electron chi connectivity index (χ2n) is 8.93. The molecule has 5 aromatic rings. The van der Waals surface area contributed by atoms with E-state index in [0.717, 1.165) is 22.5 Å². The van der Waals surface area contributed by atoms with Gasteiger partial charge in [-0.05, 0) is 72.3 Å². The number of nitrogens with zero attached hydrogens (tertiary/aromatic N) is 4. The third-order valence-corrected chi connectivity index (χ3v) is 6.23. The highest BCUT2D eigenvalue weighted by atomic mass is 16.2. The molecule has 5 rings (SSSR count). The van der Waals surface area contributed by atoms with Crippen LogP contribution in [-0.4, -0.2) is 33.8 Å².